The fourth-order valence-corrected chi connectivity index (χ4v) is 1.59. The Bertz CT molecular complexity index is 340. The fourth-order valence-electron chi connectivity index (χ4n) is 1.59. The third-order valence-corrected chi connectivity index (χ3v) is 2.62. The van der Waals surface area contributed by atoms with Crippen molar-refractivity contribution >= 4 is 0 Å². The summed E-state index contributed by atoms with van der Waals surface area (Å²) in [5.74, 6) is 1.52. The molecule has 1 aliphatic rings. The van der Waals surface area contributed by atoms with Crippen molar-refractivity contribution in [3.63, 3.8) is 0 Å². The van der Waals surface area contributed by atoms with Crippen LogP contribution < -0.4 is 4.74 Å². The summed E-state index contributed by atoms with van der Waals surface area (Å²) < 4.78 is 10.9. The van der Waals surface area contributed by atoms with Gasteiger partial charge in [-0.05, 0) is 30.0 Å². The lowest BCUT2D eigenvalue weighted by Crippen LogP contribution is -2.06. The molecule has 0 saturated carbocycles. The van der Waals surface area contributed by atoms with E-state index < -0.39 is 0 Å². The SMILES string of the molecule is Cc1ccc(C(C)C)c(OC[C@@H]2CO2)c1. The molecule has 1 atom stereocenters. The second-order valence-electron chi connectivity index (χ2n) is 4.46. The fraction of sp³-hybridized carbons (Fsp3) is 0.538. The van der Waals surface area contributed by atoms with Gasteiger partial charge < -0.3 is 9.47 Å². The van der Waals surface area contributed by atoms with E-state index in [2.05, 4.69) is 39.0 Å². The van der Waals surface area contributed by atoms with Gasteiger partial charge in [-0.15, -0.1) is 0 Å². The van der Waals surface area contributed by atoms with E-state index in [1.807, 2.05) is 0 Å². The Morgan fingerprint density at radius 2 is 2.20 bits per heavy atom. The molecule has 0 radical (unpaired) electrons. The molecule has 1 aromatic carbocycles. The van der Waals surface area contributed by atoms with Crippen molar-refractivity contribution in [1.82, 2.24) is 0 Å². The molecule has 0 bridgehead atoms. The first-order valence-corrected chi connectivity index (χ1v) is 5.52. The summed E-state index contributed by atoms with van der Waals surface area (Å²) in [7, 11) is 0. The Hall–Kier alpha value is -1.02. The number of ether oxygens (including phenoxy) is 2. The van der Waals surface area contributed by atoms with E-state index in [-0.39, 0.29) is 0 Å². The molecule has 1 aliphatic heterocycles. The van der Waals surface area contributed by atoms with Crippen molar-refractivity contribution < 1.29 is 9.47 Å². The molecule has 0 aromatic heterocycles. The normalized spacial score (nSPS) is 19.3. The van der Waals surface area contributed by atoms with Crippen LogP contribution in [0.15, 0.2) is 18.2 Å². The number of aryl methyl sites for hydroxylation is 1. The minimum absolute atomic E-state index is 0.325. The molecule has 1 aromatic rings. The van der Waals surface area contributed by atoms with E-state index in [1.165, 1.54) is 11.1 Å². The zero-order valence-electron chi connectivity index (χ0n) is 9.62. The number of rotatable bonds is 4. The predicted octanol–water partition coefficient (Wildman–Crippen LogP) is 2.90. The molecular formula is C13H18O2. The van der Waals surface area contributed by atoms with Crippen LogP contribution >= 0.6 is 0 Å². The van der Waals surface area contributed by atoms with Gasteiger partial charge in [-0.1, -0.05) is 26.0 Å². The van der Waals surface area contributed by atoms with Gasteiger partial charge in [0.1, 0.15) is 18.5 Å². The van der Waals surface area contributed by atoms with Crippen molar-refractivity contribution in [2.24, 2.45) is 0 Å². The highest BCUT2D eigenvalue weighted by Crippen LogP contribution is 2.28. The smallest absolute Gasteiger partial charge is 0.123 e. The summed E-state index contributed by atoms with van der Waals surface area (Å²) in [6.07, 6.45) is 0.325. The van der Waals surface area contributed by atoms with Gasteiger partial charge in [-0.2, -0.15) is 0 Å². The van der Waals surface area contributed by atoms with Crippen molar-refractivity contribution in [1.29, 1.82) is 0 Å². The summed E-state index contributed by atoms with van der Waals surface area (Å²) in [5, 5.41) is 0. The molecule has 2 heteroatoms. The average Bonchev–Trinajstić information content (AvgIpc) is 2.97. The minimum Gasteiger partial charge on any atom is -0.490 e. The van der Waals surface area contributed by atoms with Gasteiger partial charge in [-0.3, -0.25) is 0 Å². The second kappa shape index (κ2) is 4.23. The summed E-state index contributed by atoms with van der Waals surface area (Å²) in [5.41, 5.74) is 2.52. The standard InChI is InChI=1S/C13H18O2/c1-9(2)12-5-4-10(3)6-13(12)15-8-11-7-14-11/h4-6,9,11H,7-8H2,1-3H3/t11-/m0/s1. The van der Waals surface area contributed by atoms with Crippen LogP contribution in [0.5, 0.6) is 5.75 Å². The van der Waals surface area contributed by atoms with Gasteiger partial charge in [0.05, 0.1) is 6.61 Å². The highest BCUT2D eigenvalue weighted by molar-refractivity contribution is 5.39. The maximum atomic E-state index is 5.78. The van der Waals surface area contributed by atoms with Crippen LogP contribution in [-0.2, 0) is 4.74 Å². The first kappa shape index (κ1) is 10.5. The molecule has 82 valence electrons. The lowest BCUT2D eigenvalue weighted by molar-refractivity contribution is 0.260. The van der Waals surface area contributed by atoms with Gasteiger partial charge in [0, 0.05) is 0 Å². The lowest BCUT2D eigenvalue weighted by atomic mass is 10.0. The zero-order valence-corrected chi connectivity index (χ0v) is 9.62. The number of epoxide rings is 1. The lowest BCUT2D eigenvalue weighted by Gasteiger charge is -2.14. The summed E-state index contributed by atoms with van der Waals surface area (Å²) in [6, 6.07) is 6.40. The molecule has 1 heterocycles. The molecule has 0 spiro atoms. The predicted molar refractivity (Wildman–Crippen MR) is 60.5 cm³/mol. The molecule has 0 amide bonds. The Labute approximate surface area is 91.2 Å². The van der Waals surface area contributed by atoms with E-state index in [0.717, 1.165) is 12.4 Å². The maximum absolute atomic E-state index is 5.78. The van der Waals surface area contributed by atoms with E-state index >= 15 is 0 Å². The molecule has 1 saturated heterocycles. The second-order valence-corrected chi connectivity index (χ2v) is 4.46. The zero-order chi connectivity index (χ0) is 10.8. The van der Waals surface area contributed by atoms with Crippen molar-refractivity contribution in [2.75, 3.05) is 13.2 Å². The molecule has 2 rings (SSSR count). The van der Waals surface area contributed by atoms with Crippen molar-refractivity contribution in [2.45, 2.75) is 32.8 Å². The van der Waals surface area contributed by atoms with Crippen LogP contribution in [0.2, 0.25) is 0 Å². The largest absolute Gasteiger partial charge is 0.490 e. The molecule has 0 aliphatic carbocycles. The maximum Gasteiger partial charge on any atom is 0.123 e. The first-order chi connectivity index (χ1) is 7.16. The Morgan fingerprint density at radius 1 is 1.47 bits per heavy atom. The van der Waals surface area contributed by atoms with Crippen LogP contribution in [0, 0.1) is 6.92 Å². The van der Waals surface area contributed by atoms with Crippen molar-refractivity contribution in [3.05, 3.63) is 29.3 Å². The first-order valence-electron chi connectivity index (χ1n) is 5.52. The molecule has 2 nitrogen and oxygen atoms in total. The van der Waals surface area contributed by atoms with Crippen LogP contribution in [0.1, 0.15) is 30.9 Å². The van der Waals surface area contributed by atoms with E-state index in [4.69, 9.17) is 9.47 Å². The van der Waals surface area contributed by atoms with Crippen LogP contribution in [0.25, 0.3) is 0 Å². The topological polar surface area (TPSA) is 21.8 Å². The monoisotopic (exact) mass is 206 g/mol. The van der Waals surface area contributed by atoms with Crippen LogP contribution in [-0.4, -0.2) is 19.3 Å². The van der Waals surface area contributed by atoms with E-state index in [9.17, 15) is 0 Å². The van der Waals surface area contributed by atoms with Crippen molar-refractivity contribution in [3.8, 4) is 5.75 Å². The van der Waals surface area contributed by atoms with E-state index in [0.29, 0.717) is 18.6 Å². The van der Waals surface area contributed by atoms with Crippen LogP contribution in [0.4, 0.5) is 0 Å². The highest BCUT2D eigenvalue weighted by atomic mass is 16.6. The third kappa shape index (κ3) is 2.72. The van der Waals surface area contributed by atoms with Gasteiger partial charge in [0.15, 0.2) is 0 Å². The third-order valence-electron chi connectivity index (χ3n) is 2.62. The molecule has 1 fully saturated rings. The van der Waals surface area contributed by atoms with Gasteiger partial charge in [0.2, 0.25) is 0 Å². The Balaban J connectivity index is 2.13. The highest BCUT2D eigenvalue weighted by Gasteiger charge is 2.23. The van der Waals surface area contributed by atoms with Gasteiger partial charge >= 0.3 is 0 Å². The Morgan fingerprint density at radius 3 is 2.80 bits per heavy atom. The minimum atomic E-state index is 0.325. The molecular weight excluding hydrogens is 188 g/mol. The van der Waals surface area contributed by atoms with Crippen LogP contribution in [0.3, 0.4) is 0 Å². The quantitative estimate of drug-likeness (QED) is 0.706. The average molecular weight is 206 g/mol. The van der Waals surface area contributed by atoms with Gasteiger partial charge in [-0.25, -0.2) is 0 Å². The number of hydrogen-bond donors (Lipinski definition) is 0. The summed E-state index contributed by atoms with van der Waals surface area (Å²) in [4.78, 5) is 0. The Kier molecular flexibility index (Phi) is 2.96. The molecule has 0 unspecified atom stereocenters. The van der Waals surface area contributed by atoms with Gasteiger partial charge in [0.25, 0.3) is 0 Å². The molecule has 15 heavy (non-hydrogen) atoms. The summed E-state index contributed by atoms with van der Waals surface area (Å²) in [6.45, 7) is 7.99. The number of hydrogen-bond acceptors (Lipinski definition) is 2. The number of benzene rings is 1. The summed E-state index contributed by atoms with van der Waals surface area (Å²) >= 11 is 0. The molecule has 0 N–H and O–H groups in total. The van der Waals surface area contributed by atoms with E-state index in [1.54, 1.807) is 0 Å².